The number of aliphatic carboxylic acids is 1. The Morgan fingerprint density at radius 2 is 1.24 bits per heavy atom. The van der Waals surface area contributed by atoms with Crippen LogP contribution in [0.4, 0.5) is 4.79 Å². The first-order chi connectivity index (χ1) is 20.8. The second kappa shape index (κ2) is 17.6. The van der Waals surface area contributed by atoms with Crippen LogP contribution >= 0.6 is 0 Å². The number of carbonyl (C=O) groups excluding carboxylic acids is 6. The van der Waals surface area contributed by atoms with Gasteiger partial charge in [0.05, 0.1) is 6.42 Å². The summed E-state index contributed by atoms with van der Waals surface area (Å²) in [5.74, 6) is -5.84. The van der Waals surface area contributed by atoms with Crippen molar-refractivity contribution >= 4 is 41.7 Å². The van der Waals surface area contributed by atoms with E-state index in [1.807, 2.05) is 0 Å². The van der Waals surface area contributed by atoms with Gasteiger partial charge in [-0.25, -0.2) is 9.59 Å². The molecule has 45 heavy (non-hydrogen) atoms. The number of nitrogens with one attached hydrogen (secondary N) is 3. The number of carboxylic acids is 1. The van der Waals surface area contributed by atoms with E-state index >= 15 is 0 Å². The van der Waals surface area contributed by atoms with Crippen LogP contribution in [0.15, 0.2) is 30.3 Å². The van der Waals surface area contributed by atoms with Gasteiger partial charge in [0, 0.05) is 12.8 Å². The highest BCUT2D eigenvalue weighted by molar-refractivity contribution is 5.94. The first-order valence-corrected chi connectivity index (χ1v) is 14.3. The van der Waals surface area contributed by atoms with E-state index < -0.39 is 77.5 Å². The van der Waals surface area contributed by atoms with Gasteiger partial charge in [0.2, 0.25) is 17.7 Å². The van der Waals surface area contributed by atoms with E-state index in [-0.39, 0.29) is 32.3 Å². The molecular formula is C30H44N4O11. The molecule has 0 aromatic heterocycles. The third kappa shape index (κ3) is 17.3. The predicted octanol–water partition coefficient (Wildman–Crippen LogP) is 1.45. The number of hydrogen-bond donors (Lipinski definition) is 5. The molecule has 3 atom stereocenters. The van der Waals surface area contributed by atoms with Crippen molar-refractivity contribution in [3.63, 3.8) is 0 Å². The number of alkyl carbamates (subject to hydrolysis) is 1. The lowest BCUT2D eigenvalue weighted by molar-refractivity contribution is -0.157. The van der Waals surface area contributed by atoms with Gasteiger partial charge in [0.1, 0.15) is 35.9 Å². The van der Waals surface area contributed by atoms with E-state index in [1.54, 1.807) is 71.9 Å². The quantitative estimate of drug-likeness (QED) is 0.129. The molecule has 0 fully saturated rings. The van der Waals surface area contributed by atoms with Gasteiger partial charge in [-0.15, -0.1) is 0 Å². The minimum absolute atomic E-state index is 0.142. The predicted molar refractivity (Wildman–Crippen MR) is 159 cm³/mol. The molecule has 0 radical (unpaired) electrons. The van der Waals surface area contributed by atoms with Crippen LogP contribution in [0.1, 0.15) is 79.2 Å². The van der Waals surface area contributed by atoms with E-state index in [0.717, 1.165) is 0 Å². The van der Waals surface area contributed by atoms with Crippen molar-refractivity contribution in [1.29, 1.82) is 0 Å². The van der Waals surface area contributed by atoms with Crippen LogP contribution in [0.25, 0.3) is 0 Å². The highest BCUT2D eigenvalue weighted by Crippen LogP contribution is 2.12. The van der Waals surface area contributed by atoms with Crippen molar-refractivity contribution in [3.8, 4) is 0 Å². The Labute approximate surface area is 261 Å². The van der Waals surface area contributed by atoms with Crippen molar-refractivity contribution in [3.05, 3.63) is 35.9 Å². The number of amides is 4. The zero-order valence-corrected chi connectivity index (χ0v) is 26.5. The summed E-state index contributed by atoms with van der Waals surface area (Å²) < 4.78 is 15.6. The molecule has 0 aliphatic carbocycles. The van der Waals surface area contributed by atoms with Gasteiger partial charge in [0.15, 0.2) is 0 Å². The summed E-state index contributed by atoms with van der Waals surface area (Å²) in [5.41, 5.74) is 4.16. The number of hydrogen-bond acceptors (Lipinski definition) is 10. The molecule has 0 spiro atoms. The maximum atomic E-state index is 13.3. The van der Waals surface area contributed by atoms with Crippen molar-refractivity contribution in [1.82, 2.24) is 16.0 Å². The molecule has 0 saturated heterocycles. The molecule has 0 unspecified atom stereocenters. The molecule has 4 amide bonds. The molecule has 1 aromatic carbocycles. The summed E-state index contributed by atoms with van der Waals surface area (Å²) >= 11 is 0. The van der Waals surface area contributed by atoms with Crippen LogP contribution in [-0.2, 0) is 49.6 Å². The topological polar surface area (TPSA) is 230 Å². The summed E-state index contributed by atoms with van der Waals surface area (Å²) in [7, 11) is 0. The molecule has 6 N–H and O–H groups in total. The van der Waals surface area contributed by atoms with Gasteiger partial charge in [-0.1, -0.05) is 30.3 Å². The van der Waals surface area contributed by atoms with Gasteiger partial charge in [0.25, 0.3) is 0 Å². The largest absolute Gasteiger partial charge is 0.480 e. The van der Waals surface area contributed by atoms with Gasteiger partial charge in [-0.2, -0.15) is 0 Å². The van der Waals surface area contributed by atoms with Gasteiger partial charge < -0.3 is 41.0 Å². The lowest BCUT2D eigenvalue weighted by atomic mass is 10.1. The van der Waals surface area contributed by atoms with Crippen LogP contribution in [0.3, 0.4) is 0 Å². The average Bonchev–Trinajstić information content (AvgIpc) is 2.89. The summed E-state index contributed by atoms with van der Waals surface area (Å²) in [5, 5.41) is 16.5. The number of carbonyl (C=O) groups is 7. The van der Waals surface area contributed by atoms with E-state index in [1.165, 1.54) is 0 Å². The van der Waals surface area contributed by atoms with E-state index in [2.05, 4.69) is 16.0 Å². The number of ether oxygens (including phenoxy) is 3. The summed E-state index contributed by atoms with van der Waals surface area (Å²) in [6.07, 6.45) is -3.09. The number of carboxylic acid groups (broad SMARTS) is 1. The highest BCUT2D eigenvalue weighted by Gasteiger charge is 2.32. The number of primary amides is 1. The second-order valence-corrected chi connectivity index (χ2v) is 12.1. The molecule has 1 aromatic rings. The lowest BCUT2D eigenvalue weighted by Gasteiger charge is -2.25. The summed E-state index contributed by atoms with van der Waals surface area (Å²) in [6.45, 7) is 9.59. The van der Waals surface area contributed by atoms with Gasteiger partial charge in [-0.05, 0) is 59.9 Å². The molecule has 0 aliphatic rings. The van der Waals surface area contributed by atoms with Crippen LogP contribution in [0.2, 0.25) is 0 Å². The zero-order chi connectivity index (χ0) is 34.4. The fraction of sp³-hybridized carbons (Fsp3) is 0.567. The summed E-state index contributed by atoms with van der Waals surface area (Å²) in [6, 6.07) is 4.00. The fourth-order valence-electron chi connectivity index (χ4n) is 3.68. The first kappa shape index (κ1) is 38.3. The van der Waals surface area contributed by atoms with E-state index in [4.69, 9.17) is 19.9 Å². The number of esters is 2. The number of nitrogens with two attached hydrogens (primary N) is 1. The standard InChI is InChI=1S/C30H44N4O11/c1-29(2,3)44-23(36)15-13-20(27(40)41)33-25(38)19(12-14-22(31)35)32-26(39)21(16-24(37)45-30(4,5)6)34-28(42)43-17-18-10-8-7-9-11-18/h7-11,19-21H,12-17H2,1-6H3,(H2,31,35)(H,32,39)(H,33,38)(H,34,42)(H,40,41)/t19-,20+,21-/m1/s1. The average molecular weight is 637 g/mol. The molecule has 0 heterocycles. The van der Waals surface area contributed by atoms with Gasteiger partial charge >= 0.3 is 24.0 Å². The van der Waals surface area contributed by atoms with Crippen LogP contribution < -0.4 is 21.7 Å². The lowest BCUT2D eigenvalue weighted by Crippen LogP contribution is -2.56. The Bertz CT molecular complexity index is 1210. The first-order valence-electron chi connectivity index (χ1n) is 14.3. The highest BCUT2D eigenvalue weighted by atomic mass is 16.6. The van der Waals surface area contributed by atoms with Gasteiger partial charge in [-0.3, -0.25) is 24.0 Å². The maximum Gasteiger partial charge on any atom is 0.408 e. The van der Waals surface area contributed by atoms with E-state index in [0.29, 0.717) is 5.56 Å². The Balaban J connectivity index is 3.09. The van der Waals surface area contributed by atoms with Crippen molar-refractivity contribution in [2.24, 2.45) is 5.73 Å². The van der Waals surface area contributed by atoms with Crippen LogP contribution in [0.5, 0.6) is 0 Å². The smallest absolute Gasteiger partial charge is 0.408 e. The number of benzene rings is 1. The Morgan fingerprint density at radius 1 is 0.733 bits per heavy atom. The fourth-order valence-corrected chi connectivity index (χ4v) is 3.68. The van der Waals surface area contributed by atoms with Crippen LogP contribution in [0, 0.1) is 0 Å². The second-order valence-electron chi connectivity index (χ2n) is 12.1. The summed E-state index contributed by atoms with van der Waals surface area (Å²) in [4.78, 5) is 87.0. The minimum atomic E-state index is -1.59. The SMILES string of the molecule is CC(C)(C)OC(=O)CC[C@H](NC(=O)[C@@H](CCC(N)=O)NC(=O)[C@@H](CC(=O)OC(C)(C)C)NC(=O)OCc1ccccc1)C(=O)O. The number of rotatable bonds is 16. The third-order valence-corrected chi connectivity index (χ3v) is 5.60. The minimum Gasteiger partial charge on any atom is -0.480 e. The maximum absolute atomic E-state index is 13.3. The third-order valence-electron chi connectivity index (χ3n) is 5.60. The molecule has 15 nitrogen and oxygen atoms in total. The van der Waals surface area contributed by atoms with E-state index in [9.17, 15) is 38.7 Å². The monoisotopic (exact) mass is 636 g/mol. The Morgan fingerprint density at radius 3 is 1.78 bits per heavy atom. The normalized spacial score (nSPS) is 13.3. The van der Waals surface area contributed by atoms with Crippen molar-refractivity contribution in [2.45, 2.75) is 110 Å². The molecule has 1 rings (SSSR count). The zero-order valence-electron chi connectivity index (χ0n) is 26.5. The molecule has 0 saturated carbocycles. The Hall–Kier alpha value is -4.69. The molecule has 0 bridgehead atoms. The molecule has 250 valence electrons. The molecule has 15 heteroatoms. The molecule has 0 aliphatic heterocycles. The molecular weight excluding hydrogens is 592 g/mol. The van der Waals surface area contributed by atoms with Crippen molar-refractivity contribution in [2.75, 3.05) is 0 Å². The Kier molecular flexibility index (Phi) is 15.0. The van der Waals surface area contributed by atoms with Crippen LogP contribution in [-0.4, -0.2) is 76.2 Å². The van der Waals surface area contributed by atoms with Crippen molar-refractivity contribution < 1.29 is 52.9 Å².